The first kappa shape index (κ1) is 13.4. The van der Waals surface area contributed by atoms with Crippen LogP contribution in [0.25, 0.3) is 16.7 Å². The first-order valence-electron chi connectivity index (χ1n) is 7.09. The SMILES string of the molecule is COc1ccc(Cn2ccc3c(nnc4ccnn43)c2=O)cc1. The molecule has 0 aliphatic heterocycles. The number of hydrogen-bond acceptors (Lipinski definition) is 5. The number of rotatable bonds is 3. The Morgan fingerprint density at radius 2 is 1.91 bits per heavy atom. The van der Waals surface area contributed by atoms with Crippen LogP contribution in [0.15, 0.2) is 53.6 Å². The summed E-state index contributed by atoms with van der Waals surface area (Å²) in [6.07, 6.45) is 3.38. The molecule has 114 valence electrons. The third kappa shape index (κ3) is 2.22. The molecule has 3 aromatic heterocycles. The van der Waals surface area contributed by atoms with Gasteiger partial charge in [0.25, 0.3) is 5.56 Å². The van der Waals surface area contributed by atoms with Crippen molar-refractivity contribution in [2.75, 3.05) is 7.11 Å². The molecule has 7 heteroatoms. The molecule has 3 heterocycles. The molecule has 0 amide bonds. The predicted octanol–water partition coefficient (Wildman–Crippen LogP) is 1.50. The lowest BCUT2D eigenvalue weighted by Crippen LogP contribution is -2.22. The van der Waals surface area contributed by atoms with Crippen molar-refractivity contribution < 1.29 is 4.74 Å². The van der Waals surface area contributed by atoms with Gasteiger partial charge in [-0.25, -0.2) is 4.52 Å². The van der Waals surface area contributed by atoms with E-state index in [9.17, 15) is 4.79 Å². The molecule has 0 aliphatic rings. The molecular weight excluding hydrogens is 294 g/mol. The number of aromatic nitrogens is 5. The van der Waals surface area contributed by atoms with E-state index in [4.69, 9.17) is 4.74 Å². The van der Waals surface area contributed by atoms with Gasteiger partial charge in [0.2, 0.25) is 0 Å². The van der Waals surface area contributed by atoms with Gasteiger partial charge in [0, 0.05) is 12.3 Å². The van der Waals surface area contributed by atoms with Crippen LogP contribution in [0.1, 0.15) is 5.56 Å². The van der Waals surface area contributed by atoms with Crippen molar-refractivity contribution in [3.63, 3.8) is 0 Å². The number of nitrogens with zero attached hydrogens (tertiary/aromatic N) is 5. The Hall–Kier alpha value is -3.22. The minimum atomic E-state index is -0.191. The van der Waals surface area contributed by atoms with Crippen LogP contribution in [0.4, 0.5) is 0 Å². The molecule has 0 fully saturated rings. The summed E-state index contributed by atoms with van der Waals surface area (Å²) in [5.41, 5.74) is 2.38. The zero-order valence-electron chi connectivity index (χ0n) is 12.4. The van der Waals surface area contributed by atoms with E-state index < -0.39 is 0 Å². The Bertz CT molecular complexity index is 1050. The molecule has 0 saturated heterocycles. The smallest absolute Gasteiger partial charge is 0.280 e. The fourth-order valence-corrected chi connectivity index (χ4v) is 2.53. The maximum Gasteiger partial charge on any atom is 0.280 e. The maximum atomic E-state index is 12.6. The van der Waals surface area contributed by atoms with Crippen LogP contribution in [-0.4, -0.2) is 31.5 Å². The number of fused-ring (bicyclic) bond motifs is 3. The third-order valence-electron chi connectivity index (χ3n) is 3.73. The van der Waals surface area contributed by atoms with Crippen molar-refractivity contribution in [3.8, 4) is 5.75 Å². The standard InChI is InChI=1S/C16H13N5O2/c1-23-12-4-2-11(3-5-12)10-20-9-7-13-15(16(20)22)19-18-14-6-8-17-21(13)14/h2-9H,10H2,1H3. The molecule has 0 saturated carbocycles. The van der Waals surface area contributed by atoms with Gasteiger partial charge in [-0.1, -0.05) is 12.1 Å². The number of benzene rings is 1. The van der Waals surface area contributed by atoms with Crippen molar-refractivity contribution in [3.05, 3.63) is 64.7 Å². The van der Waals surface area contributed by atoms with Gasteiger partial charge in [-0.15, -0.1) is 10.2 Å². The summed E-state index contributed by atoms with van der Waals surface area (Å²) in [6.45, 7) is 0.456. The summed E-state index contributed by atoms with van der Waals surface area (Å²) < 4.78 is 8.36. The topological polar surface area (TPSA) is 74.3 Å². The van der Waals surface area contributed by atoms with Gasteiger partial charge in [-0.05, 0) is 23.8 Å². The average Bonchev–Trinajstić information content (AvgIpc) is 3.07. The molecule has 0 atom stereocenters. The predicted molar refractivity (Wildman–Crippen MR) is 84.6 cm³/mol. The zero-order valence-corrected chi connectivity index (χ0v) is 12.4. The maximum absolute atomic E-state index is 12.6. The van der Waals surface area contributed by atoms with Crippen LogP contribution in [0, 0.1) is 0 Å². The first-order valence-corrected chi connectivity index (χ1v) is 7.09. The fourth-order valence-electron chi connectivity index (χ4n) is 2.53. The van der Waals surface area contributed by atoms with E-state index in [-0.39, 0.29) is 5.56 Å². The molecule has 1 aromatic carbocycles. The van der Waals surface area contributed by atoms with Crippen molar-refractivity contribution in [1.29, 1.82) is 0 Å². The Morgan fingerprint density at radius 1 is 1.09 bits per heavy atom. The summed E-state index contributed by atoms with van der Waals surface area (Å²) in [5.74, 6) is 0.784. The van der Waals surface area contributed by atoms with Crippen molar-refractivity contribution in [2.24, 2.45) is 0 Å². The Morgan fingerprint density at radius 3 is 2.70 bits per heavy atom. The molecule has 0 N–H and O–H groups in total. The van der Waals surface area contributed by atoms with Crippen LogP contribution in [-0.2, 0) is 6.54 Å². The largest absolute Gasteiger partial charge is 0.497 e. The van der Waals surface area contributed by atoms with Crippen LogP contribution in [0.2, 0.25) is 0 Å². The number of methoxy groups -OCH3 is 1. The lowest BCUT2D eigenvalue weighted by Gasteiger charge is -2.08. The van der Waals surface area contributed by atoms with Crippen LogP contribution in [0.3, 0.4) is 0 Å². The van der Waals surface area contributed by atoms with Gasteiger partial charge >= 0.3 is 0 Å². The monoisotopic (exact) mass is 307 g/mol. The zero-order chi connectivity index (χ0) is 15.8. The summed E-state index contributed by atoms with van der Waals surface area (Å²) in [6, 6.07) is 11.2. The van der Waals surface area contributed by atoms with E-state index >= 15 is 0 Å². The van der Waals surface area contributed by atoms with E-state index in [1.54, 1.807) is 34.7 Å². The summed E-state index contributed by atoms with van der Waals surface area (Å²) in [7, 11) is 1.62. The molecule has 23 heavy (non-hydrogen) atoms. The second-order valence-corrected chi connectivity index (χ2v) is 5.13. The van der Waals surface area contributed by atoms with Crippen LogP contribution >= 0.6 is 0 Å². The molecule has 4 aromatic rings. The minimum Gasteiger partial charge on any atom is -0.497 e. The van der Waals surface area contributed by atoms with E-state index in [1.165, 1.54) is 0 Å². The Labute approximate surface area is 130 Å². The van der Waals surface area contributed by atoms with Gasteiger partial charge in [0.05, 0.1) is 19.9 Å². The number of ether oxygens (including phenoxy) is 1. The molecule has 7 nitrogen and oxygen atoms in total. The van der Waals surface area contributed by atoms with Crippen molar-refractivity contribution in [2.45, 2.75) is 6.54 Å². The quantitative estimate of drug-likeness (QED) is 0.573. The molecule has 0 aliphatic carbocycles. The fraction of sp³-hybridized carbons (Fsp3) is 0.125. The van der Waals surface area contributed by atoms with Gasteiger partial charge in [0.1, 0.15) is 11.3 Å². The van der Waals surface area contributed by atoms with Gasteiger partial charge in [-0.3, -0.25) is 4.79 Å². The number of pyridine rings is 1. The van der Waals surface area contributed by atoms with Gasteiger partial charge in [0.15, 0.2) is 11.2 Å². The van der Waals surface area contributed by atoms with Crippen molar-refractivity contribution in [1.82, 2.24) is 24.4 Å². The van der Waals surface area contributed by atoms with E-state index in [0.717, 1.165) is 11.3 Å². The molecule has 0 bridgehead atoms. The second kappa shape index (κ2) is 5.20. The second-order valence-electron chi connectivity index (χ2n) is 5.13. The van der Waals surface area contributed by atoms with E-state index in [1.807, 2.05) is 30.3 Å². The molecule has 0 radical (unpaired) electrons. The van der Waals surface area contributed by atoms with Crippen molar-refractivity contribution >= 4 is 16.7 Å². The summed E-state index contributed by atoms with van der Waals surface area (Å²) >= 11 is 0. The Kier molecular flexibility index (Phi) is 3.04. The Balaban J connectivity index is 1.79. The highest BCUT2D eigenvalue weighted by atomic mass is 16.5. The number of hydrogen-bond donors (Lipinski definition) is 0. The van der Waals surface area contributed by atoms with Crippen LogP contribution in [0.5, 0.6) is 5.75 Å². The highest BCUT2D eigenvalue weighted by Crippen LogP contribution is 2.13. The lowest BCUT2D eigenvalue weighted by molar-refractivity contribution is 0.414. The summed E-state index contributed by atoms with van der Waals surface area (Å²) in [5, 5.41) is 12.2. The molecule has 0 spiro atoms. The molecule has 4 rings (SSSR count). The van der Waals surface area contributed by atoms with Gasteiger partial charge in [-0.2, -0.15) is 5.10 Å². The first-order chi connectivity index (χ1) is 11.3. The van der Waals surface area contributed by atoms with E-state index in [2.05, 4.69) is 15.3 Å². The average molecular weight is 307 g/mol. The normalized spacial score (nSPS) is 11.2. The van der Waals surface area contributed by atoms with Gasteiger partial charge < -0.3 is 9.30 Å². The molecular formula is C16H13N5O2. The highest BCUT2D eigenvalue weighted by molar-refractivity contribution is 5.74. The summed E-state index contributed by atoms with van der Waals surface area (Å²) in [4.78, 5) is 12.6. The van der Waals surface area contributed by atoms with E-state index in [0.29, 0.717) is 23.2 Å². The third-order valence-corrected chi connectivity index (χ3v) is 3.73. The lowest BCUT2D eigenvalue weighted by atomic mass is 10.2. The minimum absolute atomic E-state index is 0.191. The molecule has 0 unspecified atom stereocenters. The van der Waals surface area contributed by atoms with Crippen LogP contribution < -0.4 is 10.3 Å². The highest BCUT2D eigenvalue weighted by Gasteiger charge is 2.09.